The molecule has 0 fully saturated rings. The molecule has 0 unspecified atom stereocenters. The molecule has 1 aliphatic rings. The van der Waals surface area contributed by atoms with Crippen LogP contribution in [0.2, 0.25) is 0 Å². The quantitative estimate of drug-likeness (QED) is 0.631. The van der Waals surface area contributed by atoms with Gasteiger partial charge in [-0.1, -0.05) is 5.21 Å². The van der Waals surface area contributed by atoms with Crippen LogP contribution in [0, 0.1) is 17.5 Å². The van der Waals surface area contributed by atoms with Crippen molar-refractivity contribution < 1.29 is 18.0 Å². The lowest BCUT2D eigenvalue weighted by molar-refractivity contribution is -0.133. The first-order valence-corrected chi connectivity index (χ1v) is 9.27. The van der Waals surface area contributed by atoms with Gasteiger partial charge in [-0.3, -0.25) is 4.79 Å². The van der Waals surface area contributed by atoms with Crippen LogP contribution in [-0.4, -0.2) is 48.4 Å². The normalized spacial score (nSPS) is 14.5. The van der Waals surface area contributed by atoms with E-state index in [1.165, 1.54) is 6.33 Å². The third-order valence-electron chi connectivity index (χ3n) is 4.95. The maximum atomic E-state index is 13.8. The van der Waals surface area contributed by atoms with Gasteiger partial charge in [0.05, 0.1) is 18.8 Å². The van der Waals surface area contributed by atoms with Crippen molar-refractivity contribution in [3.8, 4) is 11.3 Å². The second-order valence-electron chi connectivity index (χ2n) is 7.08. The van der Waals surface area contributed by atoms with Gasteiger partial charge in [0.1, 0.15) is 17.8 Å². The molecule has 11 heteroatoms. The monoisotopic (exact) mass is 417 g/mol. The summed E-state index contributed by atoms with van der Waals surface area (Å²) < 4.78 is 42.0. The minimum atomic E-state index is -1.26. The number of halogens is 3. The lowest BCUT2D eigenvalue weighted by Crippen LogP contribution is -2.41. The van der Waals surface area contributed by atoms with Gasteiger partial charge in [-0.15, -0.1) is 5.10 Å². The molecule has 1 amide bonds. The van der Waals surface area contributed by atoms with Crippen molar-refractivity contribution in [1.82, 2.24) is 29.9 Å². The van der Waals surface area contributed by atoms with Gasteiger partial charge in [-0.2, -0.15) is 0 Å². The van der Waals surface area contributed by atoms with E-state index in [0.29, 0.717) is 30.4 Å². The van der Waals surface area contributed by atoms with Crippen molar-refractivity contribution in [2.24, 2.45) is 5.73 Å². The molecular formula is C19H18F3N7O. The Morgan fingerprint density at radius 1 is 1.10 bits per heavy atom. The molecule has 2 aromatic heterocycles. The molecule has 3 aromatic rings. The fraction of sp³-hybridized carbons (Fsp3) is 0.316. The molecule has 0 bridgehead atoms. The summed E-state index contributed by atoms with van der Waals surface area (Å²) in [6, 6.07) is 0.505. The van der Waals surface area contributed by atoms with Gasteiger partial charge in [0.25, 0.3) is 0 Å². The summed E-state index contributed by atoms with van der Waals surface area (Å²) in [6.45, 7) is 1.17. The lowest BCUT2D eigenvalue weighted by Gasteiger charge is -2.28. The number of benzene rings is 1. The number of nitrogens with zero attached hydrogens (tertiary/aromatic N) is 6. The third-order valence-corrected chi connectivity index (χ3v) is 4.95. The number of carbonyl (C=O) groups excluding carboxylic acids is 1. The van der Waals surface area contributed by atoms with Crippen LogP contribution < -0.4 is 5.73 Å². The summed E-state index contributed by atoms with van der Waals surface area (Å²) in [7, 11) is 0. The molecule has 156 valence electrons. The van der Waals surface area contributed by atoms with Crippen LogP contribution in [0.25, 0.3) is 11.3 Å². The van der Waals surface area contributed by atoms with E-state index < -0.39 is 23.5 Å². The molecule has 0 saturated carbocycles. The van der Waals surface area contributed by atoms with Crippen LogP contribution in [-0.2, 0) is 24.3 Å². The highest BCUT2D eigenvalue weighted by Gasteiger charge is 2.27. The standard InChI is InChI=1S/C19H18F3N7O/c20-14-6-16(22)15(21)4-11(14)3-13(23)5-18(30)28-1-2-29-17(9-28)19(26-27-29)12-7-24-10-25-8-12/h4,6-8,10,13H,1-3,5,9,23H2/t13-/m1/s1. The second-order valence-corrected chi connectivity index (χ2v) is 7.08. The number of hydrogen-bond acceptors (Lipinski definition) is 6. The summed E-state index contributed by atoms with van der Waals surface area (Å²) in [4.78, 5) is 22.3. The molecule has 0 spiro atoms. The molecule has 1 aromatic carbocycles. The predicted octanol–water partition coefficient (Wildman–Crippen LogP) is 1.45. The number of carbonyl (C=O) groups is 1. The molecule has 30 heavy (non-hydrogen) atoms. The van der Waals surface area contributed by atoms with Crippen LogP contribution in [0.15, 0.2) is 30.9 Å². The van der Waals surface area contributed by atoms with E-state index in [2.05, 4.69) is 20.3 Å². The van der Waals surface area contributed by atoms with Crippen molar-refractivity contribution >= 4 is 5.91 Å². The van der Waals surface area contributed by atoms with Crippen LogP contribution >= 0.6 is 0 Å². The van der Waals surface area contributed by atoms with Crippen molar-refractivity contribution in [2.45, 2.75) is 32.0 Å². The summed E-state index contributed by atoms with van der Waals surface area (Å²) in [5.41, 5.74) is 7.97. The average Bonchev–Trinajstić information content (AvgIpc) is 3.16. The Bertz CT molecular complexity index is 1070. The Morgan fingerprint density at radius 2 is 1.83 bits per heavy atom. The molecule has 0 aliphatic carbocycles. The van der Waals surface area contributed by atoms with Crippen molar-refractivity contribution in [3.63, 3.8) is 0 Å². The van der Waals surface area contributed by atoms with Gasteiger partial charge in [0.15, 0.2) is 11.6 Å². The van der Waals surface area contributed by atoms with Gasteiger partial charge in [-0.05, 0) is 18.1 Å². The molecule has 1 atom stereocenters. The first-order valence-electron chi connectivity index (χ1n) is 9.27. The molecule has 2 N–H and O–H groups in total. The van der Waals surface area contributed by atoms with Gasteiger partial charge in [0, 0.05) is 43.0 Å². The maximum Gasteiger partial charge on any atom is 0.224 e. The van der Waals surface area contributed by atoms with E-state index in [9.17, 15) is 18.0 Å². The Balaban J connectivity index is 1.43. The zero-order valence-electron chi connectivity index (χ0n) is 15.8. The third kappa shape index (κ3) is 4.01. The van der Waals surface area contributed by atoms with E-state index in [1.54, 1.807) is 22.0 Å². The van der Waals surface area contributed by atoms with Gasteiger partial charge in [-0.25, -0.2) is 27.8 Å². The summed E-state index contributed by atoms with van der Waals surface area (Å²) in [6.07, 6.45) is 4.49. The highest BCUT2D eigenvalue weighted by atomic mass is 19.2. The summed E-state index contributed by atoms with van der Waals surface area (Å²) in [5, 5.41) is 8.28. The van der Waals surface area contributed by atoms with E-state index in [4.69, 9.17) is 5.73 Å². The zero-order chi connectivity index (χ0) is 21.3. The van der Waals surface area contributed by atoms with Crippen LogP contribution in [0.3, 0.4) is 0 Å². The van der Waals surface area contributed by atoms with Crippen LogP contribution in [0.1, 0.15) is 17.7 Å². The lowest BCUT2D eigenvalue weighted by atomic mass is 10.0. The fourth-order valence-corrected chi connectivity index (χ4v) is 3.43. The molecule has 8 nitrogen and oxygen atoms in total. The SMILES string of the molecule is N[C@@H](CC(=O)N1CCn2nnc(-c3cncnc3)c2C1)Cc1cc(F)c(F)cc1F. The predicted molar refractivity (Wildman–Crippen MR) is 99.1 cm³/mol. The zero-order valence-corrected chi connectivity index (χ0v) is 15.8. The number of amides is 1. The van der Waals surface area contributed by atoms with Crippen molar-refractivity contribution in [3.05, 3.63) is 59.6 Å². The Morgan fingerprint density at radius 3 is 2.60 bits per heavy atom. The van der Waals surface area contributed by atoms with Gasteiger partial charge in [0.2, 0.25) is 5.91 Å². The highest BCUT2D eigenvalue weighted by molar-refractivity contribution is 5.77. The number of aromatic nitrogens is 5. The number of hydrogen-bond donors (Lipinski definition) is 1. The molecule has 3 heterocycles. The van der Waals surface area contributed by atoms with Crippen LogP contribution in [0.4, 0.5) is 13.2 Å². The molecule has 0 radical (unpaired) electrons. The van der Waals surface area contributed by atoms with E-state index in [-0.39, 0.29) is 30.9 Å². The van der Waals surface area contributed by atoms with Crippen molar-refractivity contribution in [2.75, 3.05) is 6.54 Å². The Kier molecular flexibility index (Phi) is 5.44. The minimum Gasteiger partial charge on any atom is -0.335 e. The Labute approximate surface area is 169 Å². The molecule has 0 saturated heterocycles. The maximum absolute atomic E-state index is 13.8. The largest absolute Gasteiger partial charge is 0.335 e. The summed E-state index contributed by atoms with van der Waals surface area (Å²) in [5.74, 6) is -3.54. The highest BCUT2D eigenvalue weighted by Crippen LogP contribution is 2.24. The Hall–Kier alpha value is -3.34. The van der Waals surface area contributed by atoms with Gasteiger partial charge >= 0.3 is 0 Å². The topological polar surface area (TPSA) is 103 Å². The number of nitrogens with two attached hydrogens (primary N) is 1. The number of rotatable bonds is 5. The van der Waals surface area contributed by atoms with E-state index in [1.807, 2.05) is 0 Å². The fourth-order valence-electron chi connectivity index (χ4n) is 3.43. The molecular weight excluding hydrogens is 399 g/mol. The smallest absolute Gasteiger partial charge is 0.224 e. The van der Waals surface area contributed by atoms with Crippen LogP contribution in [0.5, 0.6) is 0 Å². The minimum absolute atomic E-state index is 0.0657. The molecule has 4 rings (SSSR count). The first-order chi connectivity index (χ1) is 14.4. The molecule has 1 aliphatic heterocycles. The van der Waals surface area contributed by atoms with E-state index in [0.717, 1.165) is 11.8 Å². The summed E-state index contributed by atoms with van der Waals surface area (Å²) >= 11 is 0. The number of fused-ring (bicyclic) bond motifs is 1. The second kappa shape index (κ2) is 8.19. The van der Waals surface area contributed by atoms with Crippen molar-refractivity contribution in [1.29, 1.82) is 0 Å². The van der Waals surface area contributed by atoms with Gasteiger partial charge < -0.3 is 10.6 Å². The van der Waals surface area contributed by atoms with E-state index >= 15 is 0 Å². The average molecular weight is 417 g/mol. The first kappa shape index (κ1) is 20.0.